The van der Waals surface area contributed by atoms with Crippen LogP contribution < -0.4 is 0 Å². The number of H-pyrrole nitrogens is 1. The number of aromatic nitrogens is 6. The summed E-state index contributed by atoms with van der Waals surface area (Å²) < 4.78 is 17.0. The third kappa shape index (κ3) is 3.49. The molecule has 0 unspecified atom stereocenters. The number of aryl methyl sites for hydroxylation is 2. The van der Waals surface area contributed by atoms with Gasteiger partial charge in [0.05, 0.1) is 35.4 Å². The number of hydrogen-bond donors (Lipinski definition) is 1. The van der Waals surface area contributed by atoms with Gasteiger partial charge in [0.25, 0.3) is 0 Å². The number of fused-ring (bicyclic) bond motifs is 1. The van der Waals surface area contributed by atoms with Crippen LogP contribution in [0.2, 0.25) is 0 Å². The van der Waals surface area contributed by atoms with Crippen LogP contribution in [0.15, 0.2) is 54.9 Å². The summed E-state index contributed by atoms with van der Waals surface area (Å²) in [6, 6.07) is 11.8. The highest BCUT2D eigenvalue weighted by atomic mass is 19.1. The van der Waals surface area contributed by atoms with Crippen molar-refractivity contribution < 1.29 is 9.18 Å². The van der Waals surface area contributed by atoms with Crippen molar-refractivity contribution in [1.29, 1.82) is 0 Å². The Balaban J connectivity index is 1.52. The minimum atomic E-state index is -0.294. The van der Waals surface area contributed by atoms with Gasteiger partial charge >= 0.3 is 0 Å². The molecule has 0 bridgehead atoms. The molecule has 5 rings (SSSR count). The van der Waals surface area contributed by atoms with E-state index in [-0.39, 0.29) is 18.0 Å². The van der Waals surface area contributed by atoms with Gasteiger partial charge in [-0.05, 0) is 61.9 Å². The van der Waals surface area contributed by atoms with Crippen LogP contribution in [0.3, 0.4) is 0 Å². The van der Waals surface area contributed by atoms with E-state index in [0.29, 0.717) is 22.7 Å². The molecule has 0 amide bonds. The first-order valence-corrected chi connectivity index (χ1v) is 10.2. The van der Waals surface area contributed by atoms with Gasteiger partial charge in [0.15, 0.2) is 11.4 Å². The van der Waals surface area contributed by atoms with E-state index in [0.717, 1.165) is 28.3 Å². The largest absolute Gasteiger partial charge is 0.359 e. The molecule has 0 radical (unpaired) electrons. The summed E-state index contributed by atoms with van der Waals surface area (Å²) in [7, 11) is 1.92. The summed E-state index contributed by atoms with van der Waals surface area (Å²) in [5.74, 6) is 0.500. The van der Waals surface area contributed by atoms with Gasteiger partial charge in [-0.3, -0.25) is 4.79 Å². The molecule has 1 N–H and O–H groups in total. The number of benzene rings is 1. The third-order valence-electron chi connectivity index (χ3n) is 5.52. The second-order valence-electron chi connectivity index (χ2n) is 7.87. The summed E-state index contributed by atoms with van der Waals surface area (Å²) >= 11 is 0. The van der Waals surface area contributed by atoms with Crippen molar-refractivity contribution in [2.45, 2.75) is 20.3 Å². The fraction of sp³-hybridized carbons (Fsp3) is 0.167. The van der Waals surface area contributed by atoms with E-state index < -0.39 is 0 Å². The average Bonchev–Trinajstić information content (AvgIpc) is 3.45. The highest BCUT2D eigenvalue weighted by molar-refractivity contribution is 5.95. The second kappa shape index (κ2) is 7.56. The van der Waals surface area contributed by atoms with Crippen molar-refractivity contribution in [1.82, 2.24) is 29.1 Å². The van der Waals surface area contributed by atoms with Crippen molar-refractivity contribution >= 4 is 11.4 Å². The monoisotopic (exact) mass is 428 g/mol. The Kier molecular flexibility index (Phi) is 4.70. The van der Waals surface area contributed by atoms with Crippen LogP contribution in [0.1, 0.15) is 27.6 Å². The standard InChI is InChI=1S/C24H21FN6O/c1-14-10-20(26-12-14)21(32)11-18-13-31-22(28-18)9-8-19(29-31)24-23(27-15(2)30(24)3)16-4-6-17(25)7-5-16/h4-10,12-13,26H,11H2,1-3H3. The molecule has 1 aromatic carbocycles. The number of carbonyl (C=O) groups excluding carboxylic acids is 1. The van der Waals surface area contributed by atoms with Crippen LogP contribution >= 0.6 is 0 Å². The Morgan fingerprint density at radius 3 is 2.59 bits per heavy atom. The quantitative estimate of drug-likeness (QED) is 0.423. The van der Waals surface area contributed by atoms with E-state index in [1.807, 2.05) is 43.7 Å². The Hall–Kier alpha value is -4.07. The van der Waals surface area contributed by atoms with Crippen molar-refractivity contribution in [3.05, 3.63) is 83.5 Å². The Morgan fingerprint density at radius 2 is 1.88 bits per heavy atom. The first-order valence-electron chi connectivity index (χ1n) is 10.2. The highest BCUT2D eigenvalue weighted by Gasteiger charge is 2.19. The number of hydrogen-bond acceptors (Lipinski definition) is 4. The molecule has 0 spiro atoms. The van der Waals surface area contributed by atoms with E-state index in [2.05, 4.69) is 15.0 Å². The molecule has 0 saturated heterocycles. The Labute approximate surface area is 183 Å². The fourth-order valence-corrected chi connectivity index (χ4v) is 3.78. The molecule has 0 aliphatic carbocycles. The van der Waals surface area contributed by atoms with Gasteiger partial charge in [-0.1, -0.05) is 0 Å². The van der Waals surface area contributed by atoms with E-state index in [1.165, 1.54) is 12.1 Å². The molecule has 160 valence electrons. The first-order chi connectivity index (χ1) is 15.4. The van der Waals surface area contributed by atoms with Crippen LogP contribution in [0.5, 0.6) is 0 Å². The van der Waals surface area contributed by atoms with Crippen LogP contribution in [0.4, 0.5) is 4.39 Å². The lowest BCUT2D eigenvalue weighted by molar-refractivity contribution is 0.0988. The molecule has 0 saturated carbocycles. The van der Waals surface area contributed by atoms with Gasteiger partial charge in [-0.15, -0.1) is 0 Å². The topological polar surface area (TPSA) is 80.9 Å². The predicted molar refractivity (Wildman–Crippen MR) is 119 cm³/mol. The van der Waals surface area contributed by atoms with Gasteiger partial charge < -0.3 is 9.55 Å². The second-order valence-corrected chi connectivity index (χ2v) is 7.87. The molecule has 32 heavy (non-hydrogen) atoms. The number of halogens is 1. The average molecular weight is 428 g/mol. The number of aromatic amines is 1. The zero-order valence-corrected chi connectivity index (χ0v) is 17.9. The molecule has 0 aliphatic rings. The minimum Gasteiger partial charge on any atom is -0.359 e. The zero-order chi connectivity index (χ0) is 22.4. The van der Waals surface area contributed by atoms with Gasteiger partial charge in [-0.2, -0.15) is 5.10 Å². The first kappa shape index (κ1) is 19.9. The molecule has 8 heteroatoms. The van der Waals surface area contributed by atoms with Crippen LogP contribution in [0, 0.1) is 19.7 Å². The highest BCUT2D eigenvalue weighted by Crippen LogP contribution is 2.31. The van der Waals surface area contributed by atoms with Crippen molar-refractivity contribution in [3.8, 4) is 22.6 Å². The molecule has 7 nitrogen and oxygen atoms in total. The van der Waals surface area contributed by atoms with Gasteiger partial charge in [-0.25, -0.2) is 18.9 Å². The molecular weight excluding hydrogens is 407 g/mol. The van der Waals surface area contributed by atoms with Gasteiger partial charge in [0, 0.05) is 18.8 Å². The van der Waals surface area contributed by atoms with Gasteiger partial charge in [0.1, 0.15) is 17.3 Å². The van der Waals surface area contributed by atoms with E-state index in [4.69, 9.17) is 5.10 Å². The van der Waals surface area contributed by atoms with Crippen molar-refractivity contribution in [2.75, 3.05) is 0 Å². The number of nitrogens with zero attached hydrogens (tertiary/aromatic N) is 5. The number of Topliss-reactive ketones (excluding diaryl/α,β-unsaturated/α-hetero) is 1. The maximum Gasteiger partial charge on any atom is 0.184 e. The lowest BCUT2D eigenvalue weighted by Crippen LogP contribution is -2.04. The molecule has 0 aliphatic heterocycles. The summed E-state index contributed by atoms with van der Waals surface area (Å²) in [5.41, 5.74) is 5.95. The van der Waals surface area contributed by atoms with Crippen molar-refractivity contribution in [3.63, 3.8) is 0 Å². The molecule has 4 aromatic heterocycles. The van der Waals surface area contributed by atoms with E-state index >= 15 is 0 Å². The van der Waals surface area contributed by atoms with E-state index in [1.54, 1.807) is 29.0 Å². The number of ketones is 1. The predicted octanol–water partition coefficient (Wildman–Crippen LogP) is 4.31. The minimum absolute atomic E-state index is 0.0254. The Bertz CT molecular complexity index is 1460. The maximum atomic E-state index is 13.4. The lowest BCUT2D eigenvalue weighted by Gasteiger charge is -2.07. The number of imidazole rings is 2. The van der Waals surface area contributed by atoms with Crippen LogP contribution in [-0.4, -0.2) is 34.9 Å². The van der Waals surface area contributed by atoms with Crippen LogP contribution in [0.25, 0.3) is 28.3 Å². The lowest BCUT2D eigenvalue weighted by atomic mass is 10.1. The summed E-state index contributed by atoms with van der Waals surface area (Å²) in [6.07, 6.45) is 3.76. The molecule has 4 heterocycles. The normalized spacial score (nSPS) is 11.4. The summed E-state index contributed by atoms with van der Waals surface area (Å²) in [6.45, 7) is 3.85. The number of rotatable bonds is 5. The van der Waals surface area contributed by atoms with E-state index in [9.17, 15) is 9.18 Å². The molecule has 0 atom stereocenters. The molecule has 0 fully saturated rings. The summed E-state index contributed by atoms with van der Waals surface area (Å²) in [5, 5.41) is 4.73. The summed E-state index contributed by atoms with van der Waals surface area (Å²) in [4.78, 5) is 24.7. The Morgan fingerprint density at radius 1 is 1.09 bits per heavy atom. The zero-order valence-electron chi connectivity index (χ0n) is 17.9. The molecular formula is C24H21FN6O. The van der Waals surface area contributed by atoms with Crippen molar-refractivity contribution in [2.24, 2.45) is 7.05 Å². The third-order valence-corrected chi connectivity index (χ3v) is 5.52. The van der Waals surface area contributed by atoms with Gasteiger partial charge in [0.2, 0.25) is 0 Å². The van der Waals surface area contributed by atoms with Crippen LogP contribution in [-0.2, 0) is 13.5 Å². The maximum absolute atomic E-state index is 13.4. The smallest absolute Gasteiger partial charge is 0.184 e. The number of carbonyl (C=O) groups is 1. The molecule has 5 aromatic rings. The number of nitrogens with one attached hydrogen (secondary N) is 1. The fourth-order valence-electron chi connectivity index (χ4n) is 3.78. The SMILES string of the molecule is Cc1c[nH]c(C(=O)Cc2cn3nc(-c4c(-c5ccc(F)cc5)nc(C)n4C)ccc3n2)c1.